The van der Waals surface area contributed by atoms with Crippen LogP contribution in [-0.4, -0.2) is 31.1 Å². The van der Waals surface area contributed by atoms with E-state index in [0.717, 1.165) is 16.6 Å². The number of hydrogen-bond donors (Lipinski definition) is 3. The van der Waals surface area contributed by atoms with Crippen molar-refractivity contribution in [1.82, 2.24) is 25.1 Å². The van der Waals surface area contributed by atoms with Gasteiger partial charge in [0, 0.05) is 11.1 Å². The van der Waals surface area contributed by atoms with E-state index in [-0.39, 0.29) is 11.6 Å². The average molecular weight is 336 g/mol. The van der Waals surface area contributed by atoms with Crippen LogP contribution in [0.4, 0.5) is 10.1 Å². The molecule has 4 aromatic rings. The number of halogens is 1. The number of nitrogens with one attached hydrogen (secondary N) is 3. The summed E-state index contributed by atoms with van der Waals surface area (Å²) in [6.07, 6.45) is 1.55. The molecule has 0 saturated heterocycles. The Labute approximate surface area is 141 Å². The summed E-state index contributed by atoms with van der Waals surface area (Å²) >= 11 is 0. The van der Waals surface area contributed by atoms with Crippen LogP contribution in [0.1, 0.15) is 16.4 Å². The molecule has 0 aliphatic rings. The number of H-pyrrole nitrogens is 2. The first-order valence-corrected chi connectivity index (χ1v) is 7.53. The fourth-order valence-corrected chi connectivity index (χ4v) is 2.50. The number of carbonyl (C=O) groups is 1. The molecular weight excluding hydrogens is 323 g/mol. The lowest BCUT2D eigenvalue weighted by atomic mass is 10.1. The van der Waals surface area contributed by atoms with Crippen molar-refractivity contribution in [2.24, 2.45) is 0 Å². The van der Waals surface area contributed by atoms with Crippen LogP contribution in [0.2, 0.25) is 0 Å². The number of amides is 1. The molecule has 3 aromatic heterocycles. The molecule has 8 heteroatoms. The number of anilines is 1. The Morgan fingerprint density at radius 2 is 2.00 bits per heavy atom. The first-order chi connectivity index (χ1) is 12.1. The Hall–Kier alpha value is -3.55. The lowest BCUT2D eigenvalue weighted by Crippen LogP contribution is -2.13. The van der Waals surface area contributed by atoms with Gasteiger partial charge in [0.2, 0.25) is 5.82 Å². The van der Waals surface area contributed by atoms with Crippen molar-refractivity contribution in [3.8, 4) is 11.3 Å². The maximum absolute atomic E-state index is 13.0. The van der Waals surface area contributed by atoms with E-state index in [0.29, 0.717) is 17.2 Å². The number of aromatic amines is 2. The van der Waals surface area contributed by atoms with Crippen LogP contribution in [0.25, 0.3) is 22.3 Å². The summed E-state index contributed by atoms with van der Waals surface area (Å²) in [6, 6.07) is 9.87. The highest BCUT2D eigenvalue weighted by atomic mass is 19.1. The van der Waals surface area contributed by atoms with Gasteiger partial charge >= 0.3 is 0 Å². The highest BCUT2D eigenvalue weighted by molar-refractivity contribution is 6.02. The van der Waals surface area contributed by atoms with Gasteiger partial charge in [-0.2, -0.15) is 0 Å². The summed E-state index contributed by atoms with van der Waals surface area (Å²) in [5, 5.41) is 9.97. The molecule has 1 aromatic carbocycles. The third-order valence-corrected chi connectivity index (χ3v) is 3.68. The molecule has 1 amide bonds. The quantitative estimate of drug-likeness (QED) is 0.535. The number of fused-ring (bicyclic) bond motifs is 1. The molecule has 7 nitrogen and oxygen atoms in total. The van der Waals surface area contributed by atoms with E-state index in [1.165, 1.54) is 12.1 Å². The SMILES string of the molecule is Cc1nc(C(=O)Nc2cnc3[nH]c(-c4ccc(F)cc4)cc3c2)n[nH]1. The molecule has 3 N–H and O–H groups in total. The maximum Gasteiger partial charge on any atom is 0.295 e. The molecule has 0 saturated carbocycles. The molecule has 4 rings (SSSR count). The van der Waals surface area contributed by atoms with Crippen molar-refractivity contribution in [3.63, 3.8) is 0 Å². The van der Waals surface area contributed by atoms with Gasteiger partial charge in [0.1, 0.15) is 17.3 Å². The number of nitrogens with zero attached hydrogens (tertiary/aromatic N) is 3. The fourth-order valence-electron chi connectivity index (χ4n) is 2.50. The van der Waals surface area contributed by atoms with E-state index >= 15 is 0 Å². The lowest BCUT2D eigenvalue weighted by Gasteiger charge is -2.01. The van der Waals surface area contributed by atoms with Gasteiger partial charge in [-0.25, -0.2) is 14.4 Å². The Balaban J connectivity index is 1.61. The molecule has 0 fully saturated rings. The summed E-state index contributed by atoms with van der Waals surface area (Å²) in [5.41, 5.74) is 2.87. The summed E-state index contributed by atoms with van der Waals surface area (Å²) in [7, 11) is 0. The second kappa shape index (κ2) is 5.82. The van der Waals surface area contributed by atoms with Gasteiger partial charge in [-0.15, -0.1) is 5.10 Å². The Morgan fingerprint density at radius 1 is 1.20 bits per heavy atom. The van der Waals surface area contributed by atoms with Gasteiger partial charge in [-0.05, 0) is 48.9 Å². The molecule has 25 heavy (non-hydrogen) atoms. The van der Waals surface area contributed by atoms with Crippen LogP contribution in [0.3, 0.4) is 0 Å². The van der Waals surface area contributed by atoms with Crippen LogP contribution >= 0.6 is 0 Å². The second-order valence-electron chi connectivity index (χ2n) is 5.55. The van der Waals surface area contributed by atoms with Gasteiger partial charge in [0.25, 0.3) is 5.91 Å². The zero-order valence-electron chi connectivity index (χ0n) is 13.2. The van der Waals surface area contributed by atoms with Crippen LogP contribution in [0.15, 0.2) is 42.6 Å². The van der Waals surface area contributed by atoms with Crippen LogP contribution in [0, 0.1) is 12.7 Å². The van der Waals surface area contributed by atoms with Gasteiger partial charge in [0.05, 0.1) is 11.9 Å². The van der Waals surface area contributed by atoms with Crippen LogP contribution < -0.4 is 5.32 Å². The number of hydrogen-bond acceptors (Lipinski definition) is 4. The van der Waals surface area contributed by atoms with Crippen molar-refractivity contribution in [2.75, 3.05) is 5.32 Å². The zero-order chi connectivity index (χ0) is 17.4. The van der Waals surface area contributed by atoms with E-state index in [9.17, 15) is 9.18 Å². The number of carbonyl (C=O) groups excluding carboxylic acids is 1. The normalized spacial score (nSPS) is 11.0. The standard InChI is InChI=1S/C17H13FN6O/c1-9-20-16(24-23-9)17(25)21-13-6-11-7-14(22-15(11)19-8-13)10-2-4-12(18)5-3-10/h2-8H,1H3,(H,19,22)(H,21,25)(H,20,23,24). The molecule has 0 aliphatic heterocycles. The Kier molecular flexibility index (Phi) is 3.50. The van der Waals surface area contributed by atoms with E-state index < -0.39 is 5.91 Å². The Bertz CT molecular complexity index is 1070. The van der Waals surface area contributed by atoms with Crippen molar-refractivity contribution in [2.45, 2.75) is 6.92 Å². The molecule has 0 aliphatic carbocycles. The minimum atomic E-state index is -0.417. The number of pyridine rings is 1. The minimum absolute atomic E-state index is 0.0682. The first kappa shape index (κ1) is 15.0. The molecule has 0 atom stereocenters. The summed E-state index contributed by atoms with van der Waals surface area (Å²) < 4.78 is 13.0. The van der Waals surface area contributed by atoms with Crippen LogP contribution in [-0.2, 0) is 0 Å². The minimum Gasteiger partial charge on any atom is -0.339 e. The predicted octanol–water partition coefficient (Wildman–Crippen LogP) is 3.05. The van der Waals surface area contributed by atoms with Crippen LogP contribution in [0.5, 0.6) is 0 Å². The number of aromatic nitrogens is 5. The van der Waals surface area contributed by atoms with E-state index in [4.69, 9.17) is 0 Å². The van der Waals surface area contributed by atoms with Gasteiger partial charge < -0.3 is 10.3 Å². The molecule has 0 unspecified atom stereocenters. The smallest absolute Gasteiger partial charge is 0.295 e. The third kappa shape index (κ3) is 2.97. The molecule has 0 bridgehead atoms. The summed E-state index contributed by atoms with van der Waals surface area (Å²) in [5.74, 6) is -0.0723. The van der Waals surface area contributed by atoms with E-state index in [1.807, 2.05) is 6.07 Å². The topological polar surface area (TPSA) is 99.3 Å². The van der Waals surface area contributed by atoms with Crippen molar-refractivity contribution >= 4 is 22.6 Å². The molecule has 0 spiro atoms. The maximum atomic E-state index is 13.0. The van der Waals surface area contributed by atoms with Gasteiger partial charge in [0.15, 0.2) is 0 Å². The van der Waals surface area contributed by atoms with Crippen molar-refractivity contribution in [1.29, 1.82) is 0 Å². The van der Waals surface area contributed by atoms with E-state index in [2.05, 4.69) is 30.5 Å². The predicted molar refractivity (Wildman–Crippen MR) is 90.6 cm³/mol. The largest absolute Gasteiger partial charge is 0.339 e. The molecular formula is C17H13FN6O. The van der Waals surface area contributed by atoms with Crippen molar-refractivity contribution < 1.29 is 9.18 Å². The van der Waals surface area contributed by atoms with Gasteiger partial charge in [-0.3, -0.25) is 9.89 Å². The zero-order valence-corrected chi connectivity index (χ0v) is 13.2. The highest BCUT2D eigenvalue weighted by Crippen LogP contribution is 2.25. The third-order valence-electron chi connectivity index (χ3n) is 3.68. The molecule has 124 valence electrons. The average Bonchev–Trinajstić information content (AvgIpc) is 3.21. The molecule has 0 radical (unpaired) electrons. The lowest BCUT2D eigenvalue weighted by molar-refractivity contribution is 0.101. The second-order valence-corrected chi connectivity index (χ2v) is 5.55. The highest BCUT2D eigenvalue weighted by Gasteiger charge is 2.12. The number of benzene rings is 1. The Morgan fingerprint density at radius 3 is 2.72 bits per heavy atom. The number of aryl methyl sites for hydroxylation is 1. The monoisotopic (exact) mass is 336 g/mol. The summed E-state index contributed by atoms with van der Waals surface area (Å²) in [6.45, 7) is 1.72. The summed E-state index contributed by atoms with van der Waals surface area (Å²) in [4.78, 5) is 23.6. The van der Waals surface area contributed by atoms with E-state index in [1.54, 1.807) is 31.3 Å². The van der Waals surface area contributed by atoms with Gasteiger partial charge in [-0.1, -0.05) is 0 Å². The molecule has 3 heterocycles. The first-order valence-electron chi connectivity index (χ1n) is 7.53. The fraction of sp³-hybridized carbons (Fsp3) is 0.0588. The van der Waals surface area contributed by atoms with Crippen molar-refractivity contribution in [3.05, 3.63) is 60.1 Å². The number of rotatable bonds is 3.